The first-order valence-electron chi connectivity index (χ1n) is 5.62. The van der Waals surface area contributed by atoms with Gasteiger partial charge in [0.15, 0.2) is 0 Å². The molecule has 1 aliphatic rings. The van der Waals surface area contributed by atoms with Crippen molar-refractivity contribution in [1.29, 1.82) is 0 Å². The second-order valence-corrected chi connectivity index (χ2v) is 6.66. The molecule has 1 aromatic carbocycles. The van der Waals surface area contributed by atoms with E-state index in [4.69, 9.17) is 17.3 Å². The molecule has 1 heterocycles. The van der Waals surface area contributed by atoms with Gasteiger partial charge in [0, 0.05) is 24.2 Å². The Morgan fingerprint density at radius 2 is 1.94 bits per heavy atom. The number of benzene rings is 1. The molecule has 0 aliphatic carbocycles. The highest BCUT2D eigenvalue weighted by Crippen LogP contribution is 2.24. The zero-order chi connectivity index (χ0) is 13.3. The molecule has 0 aromatic heterocycles. The second-order valence-electron chi connectivity index (χ2n) is 4.32. The maximum absolute atomic E-state index is 13.7. The molecule has 1 fully saturated rings. The lowest BCUT2D eigenvalue weighted by Crippen LogP contribution is -2.42. The Morgan fingerprint density at radius 3 is 2.50 bits per heavy atom. The largest absolute Gasteiger partial charge is 0.328 e. The monoisotopic (exact) mass is 292 g/mol. The van der Waals surface area contributed by atoms with E-state index in [0.717, 1.165) is 6.07 Å². The van der Waals surface area contributed by atoms with Crippen LogP contribution in [0.3, 0.4) is 0 Å². The number of hydrogen-bond donors (Lipinski definition) is 1. The fraction of sp³-hybridized carbons (Fsp3) is 0.455. The van der Waals surface area contributed by atoms with Crippen LogP contribution in [0.4, 0.5) is 4.39 Å². The topological polar surface area (TPSA) is 63.4 Å². The average Bonchev–Trinajstić information content (AvgIpc) is 2.29. The van der Waals surface area contributed by atoms with Crippen LogP contribution in [0.15, 0.2) is 23.1 Å². The Hall–Kier alpha value is -0.690. The highest BCUT2D eigenvalue weighted by molar-refractivity contribution is 7.89. The molecule has 18 heavy (non-hydrogen) atoms. The van der Waals surface area contributed by atoms with E-state index >= 15 is 0 Å². The standard InChI is InChI=1S/C11H14ClFN2O2S/c12-8-1-2-11(10(13)7-8)18(16,17)15-5-3-9(14)4-6-15/h1-2,7,9H,3-6,14H2. The molecule has 0 radical (unpaired) electrons. The van der Waals surface area contributed by atoms with E-state index in [9.17, 15) is 12.8 Å². The van der Waals surface area contributed by atoms with Crippen LogP contribution in [0.5, 0.6) is 0 Å². The lowest BCUT2D eigenvalue weighted by atomic mass is 10.1. The van der Waals surface area contributed by atoms with Gasteiger partial charge >= 0.3 is 0 Å². The predicted octanol–water partition coefficient (Wildman–Crippen LogP) is 1.59. The van der Waals surface area contributed by atoms with Crippen LogP contribution in [0.2, 0.25) is 5.02 Å². The summed E-state index contributed by atoms with van der Waals surface area (Å²) in [6, 6.07) is 3.59. The summed E-state index contributed by atoms with van der Waals surface area (Å²) < 4.78 is 39.4. The zero-order valence-electron chi connectivity index (χ0n) is 9.64. The summed E-state index contributed by atoms with van der Waals surface area (Å²) in [5.41, 5.74) is 5.72. The van der Waals surface area contributed by atoms with Gasteiger partial charge in [0.1, 0.15) is 10.7 Å². The molecule has 1 aliphatic heterocycles. The van der Waals surface area contributed by atoms with Crippen LogP contribution >= 0.6 is 11.6 Å². The highest BCUT2D eigenvalue weighted by atomic mass is 35.5. The molecule has 2 rings (SSSR count). The summed E-state index contributed by atoms with van der Waals surface area (Å²) in [5.74, 6) is -0.822. The minimum Gasteiger partial charge on any atom is -0.328 e. The van der Waals surface area contributed by atoms with Gasteiger partial charge in [-0.05, 0) is 31.0 Å². The highest BCUT2D eigenvalue weighted by Gasteiger charge is 2.30. The molecule has 0 atom stereocenters. The van der Waals surface area contributed by atoms with E-state index in [1.807, 2.05) is 0 Å². The number of nitrogens with two attached hydrogens (primary N) is 1. The maximum Gasteiger partial charge on any atom is 0.245 e. The molecule has 0 spiro atoms. The van der Waals surface area contributed by atoms with Crippen LogP contribution in [0, 0.1) is 5.82 Å². The second kappa shape index (κ2) is 5.13. The number of nitrogens with zero attached hydrogens (tertiary/aromatic N) is 1. The van der Waals surface area contributed by atoms with Crippen LogP contribution in [0.1, 0.15) is 12.8 Å². The predicted molar refractivity (Wildman–Crippen MR) is 67.4 cm³/mol. The summed E-state index contributed by atoms with van der Waals surface area (Å²) in [7, 11) is -3.79. The Labute approximate surface area is 111 Å². The Bertz CT molecular complexity index is 542. The summed E-state index contributed by atoms with van der Waals surface area (Å²) in [6.07, 6.45) is 1.18. The fourth-order valence-corrected chi connectivity index (χ4v) is 3.61. The molecule has 2 N–H and O–H groups in total. The van der Waals surface area contributed by atoms with Gasteiger partial charge in [0.25, 0.3) is 0 Å². The van der Waals surface area contributed by atoms with Crippen LogP contribution in [-0.2, 0) is 10.0 Å². The molecule has 0 unspecified atom stereocenters. The van der Waals surface area contributed by atoms with Gasteiger partial charge < -0.3 is 5.73 Å². The van der Waals surface area contributed by atoms with Crippen LogP contribution in [-0.4, -0.2) is 31.9 Å². The molecule has 0 saturated carbocycles. The van der Waals surface area contributed by atoms with Crippen molar-refractivity contribution < 1.29 is 12.8 Å². The van der Waals surface area contributed by atoms with E-state index in [1.165, 1.54) is 16.4 Å². The van der Waals surface area contributed by atoms with Crippen LogP contribution in [0.25, 0.3) is 0 Å². The molecular formula is C11H14ClFN2O2S. The minimum atomic E-state index is -3.79. The van der Waals surface area contributed by atoms with Crippen molar-refractivity contribution in [3.05, 3.63) is 29.0 Å². The van der Waals surface area contributed by atoms with E-state index in [0.29, 0.717) is 25.9 Å². The van der Waals surface area contributed by atoms with Gasteiger partial charge in [-0.3, -0.25) is 0 Å². The molecule has 4 nitrogen and oxygen atoms in total. The van der Waals surface area contributed by atoms with Crippen molar-refractivity contribution in [2.24, 2.45) is 5.73 Å². The van der Waals surface area contributed by atoms with E-state index in [2.05, 4.69) is 0 Å². The van der Waals surface area contributed by atoms with Gasteiger partial charge in [-0.1, -0.05) is 11.6 Å². The van der Waals surface area contributed by atoms with Gasteiger partial charge in [-0.15, -0.1) is 0 Å². The average molecular weight is 293 g/mol. The third kappa shape index (κ3) is 2.66. The van der Waals surface area contributed by atoms with Crippen molar-refractivity contribution in [3.8, 4) is 0 Å². The summed E-state index contributed by atoms with van der Waals surface area (Å²) >= 11 is 5.61. The van der Waals surface area contributed by atoms with Crippen molar-refractivity contribution in [1.82, 2.24) is 4.31 Å². The Morgan fingerprint density at radius 1 is 1.33 bits per heavy atom. The fourth-order valence-electron chi connectivity index (χ4n) is 1.94. The molecule has 1 saturated heterocycles. The van der Waals surface area contributed by atoms with E-state index in [1.54, 1.807) is 0 Å². The first-order valence-corrected chi connectivity index (χ1v) is 7.44. The zero-order valence-corrected chi connectivity index (χ0v) is 11.2. The Kier molecular flexibility index (Phi) is 3.91. The smallest absolute Gasteiger partial charge is 0.245 e. The van der Waals surface area contributed by atoms with E-state index < -0.39 is 15.8 Å². The molecule has 7 heteroatoms. The van der Waals surface area contributed by atoms with Crippen molar-refractivity contribution in [2.75, 3.05) is 13.1 Å². The Balaban J connectivity index is 2.30. The van der Waals surface area contributed by atoms with Crippen molar-refractivity contribution in [2.45, 2.75) is 23.8 Å². The molecule has 100 valence electrons. The van der Waals surface area contributed by atoms with E-state index in [-0.39, 0.29) is 16.0 Å². The van der Waals surface area contributed by atoms with Gasteiger partial charge in [0.05, 0.1) is 0 Å². The number of hydrogen-bond acceptors (Lipinski definition) is 3. The van der Waals surface area contributed by atoms with Gasteiger partial charge in [-0.2, -0.15) is 4.31 Å². The first-order chi connectivity index (χ1) is 8.41. The first kappa shape index (κ1) is 13.7. The number of piperidine rings is 1. The number of rotatable bonds is 2. The summed E-state index contributed by atoms with van der Waals surface area (Å²) in [6.45, 7) is 0.650. The number of sulfonamides is 1. The van der Waals surface area contributed by atoms with Gasteiger partial charge in [0.2, 0.25) is 10.0 Å². The summed E-state index contributed by atoms with van der Waals surface area (Å²) in [4.78, 5) is -0.331. The lowest BCUT2D eigenvalue weighted by Gasteiger charge is -2.29. The molecule has 0 amide bonds. The molecule has 1 aromatic rings. The third-order valence-corrected chi connectivity index (χ3v) is 5.18. The quantitative estimate of drug-likeness (QED) is 0.900. The SMILES string of the molecule is NC1CCN(S(=O)(=O)c2ccc(Cl)cc2F)CC1. The molecule has 0 bridgehead atoms. The maximum atomic E-state index is 13.7. The third-order valence-electron chi connectivity index (χ3n) is 3.01. The van der Waals surface area contributed by atoms with Crippen molar-refractivity contribution >= 4 is 21.6 Å². The summed E-state index contributed by atoms with van der Waals surface area (Å²) in [5, 5.41) is 0.173. The lowest BCUT2D eigenvalue weighted by molar-refractivity contribution is 0.319. The normalized spacial score (nSPS) is 19.1. The molecular weight excluding hydrogens is 279 g/mol. The van der Waals surface area contributed by atoms with Crippen molar-refractivity contribution in [3.63, 3.8) is 0 Å². The van der Waals surface area contributed by atoms with Crippen LogP contribution < -0.4 is 5.73 Å². The number of halogens is 2. The minimum absolute atomic E-state index is 0.0199. The van der Waals surface area contributed by atoms with Gasteiger partial charge in [-0.25, -0.2) is 12.8 Å².